The molecule has 0 bridgehead atoms. The molecule has 104 valence electrons. The van der Waals surface area contributed by atoms with Crippen LogP contribution in [0.15, 0.2) is 47.5 Å². The minimum Gasteiger partial charge on any atom is -0.462 e. The van der Waals surface area contributed by atoms with Gasteiger partial charge >= 0.3 is 5.97 Å². The van der Waals surface area contributed by atoms with Gasteiger partial charge in [0, 0.05) is 16.8 Å². The van der Waals surface area contributed by atoms with Crippen LogP contribution in [0.2, 0.25) is 0 Å². The number of pyridine rings is 1. The largest absolute Gasteiger partial charge is 0.462 e. The van der Waals surface area contributed by atoms with Crippen molar-refractivity contribution in [3.8, 4) is 0 Å². The van der Waals surface area contributed by atoms with Gasteiger partial charge in [0.1, 0.15) is 5.82 Å². The van der Waals surface area contributed by atoms with E-state index >= 15 is 0 Å². The Bertz CT molecular complexity index is 585. The topological polar surface area (TPSA) is 51.2 Å². The van der Waals surface area contributed by atoms with Gasteiger partial charge in [0.2, 0.25) is 0 Å². The van der Waals surface area contributed by atoms with E-state index in [4.69, 9.17) is 4.74 Å². The number of anilines is 2. The molecule has 0 saturated carbocycles. The molecule has 5 heteroatoms. The zero-order valence-electron chi connectivity index (χ0n) is 11.4. The molecule has 0 saturated heterocycles. The van der Waals surface area contributed by atoms with Crippen molar-refractivity contribution in [3.05, 3.63) is 48.2 Å². The van der Waals surface area contributed by atoms with Gasteiger partial charge < -0.3 is 10.1 Å². The first kappa shape index (κ1) is 14.4. The first-order valence-electron chi connectivity index (χ1n) is 6.27. The molecule has 0 spiro atoms. The maximum absolute atomic E-state index is 11.5. The summed E-state index contributed by atoms with van der Waals surface area (Å²) in [6.07, 6.45) is 3.55. The molecular weight excluding hydrogens is 272 g/mol. The first-order valence-corrected chi connectivity index (χ1v) is 7.49. The summed E-state index contributed by atoms with van der Waals surface area (Å²) < 4.78 is 4.91. The van der Waals surface area contributed by atoms with Gasteiger partial charge in [-0.1, -0.05) is 6.07 Å². The van der Waals surface area contributed by atoms with Crippen LogP contribution >= 0.6 is 11.8 Å². The van der Waals surface area contributed by atoms with Crippen LogP contribution in [-0.4, -0.2) is 23.8 Å². The highest BCUT2D eigenvalue weighted by atomic mass is 32.2. The third kappa shape index (κ3) is 3.74. The Kier molecular flexibility index (Phi) is 5.01. The molecule has 0 amide bonds. The fraction of sp³-hybridized carbons (Fsp3) is 0.200. The van der Waals surface area contributed by atoms with Crippen LogP contribution in [0.5, 0.6) is 0 Å². The van der Waals surface area contributed by atoms with Gasteiger partial charge in [-0.05, 0) is 43.5 Å². The van der Waals surface area contributed by atoms with E-state index in [9.17, 15) is 4.79 Å². The average molecular weight is 288 g/mol. The molecule has 1 aromatic carbocycles. The van der Waals surface area contributed by atoms with Crippen LogP contribution in [0.3, 0.4) is 0 Å². The van der Waals surface area contributed by atoms with E-state index in [2.05, 4.69) is 10.3 Å². The molecule has 0 unspecified atom stereocenters. The maximum Gasteiger partial charge on any atom is 0.339 e. The summed E-state index contributed by atoms with van der Waals surface area (Å²) in [5.74, 6) is 0.340. The lowest BCUT2D eigenvalue weighted by atomic mass is 10.3. The summed E-state index contributed by atoms with van der Waals surface area (Å²) in [5.41, 5.74) is 1.42. The van der Waals surface area contributed by atoms with Gasteiger partial charge in [-0.3, -0.25) is 0 Å². The number of thioether (sulfide) groups is 1. The maximum atomic E-state index is 11.5. The van der Waals surface area contributed by atoms with E-state index in [1.807, 2.05) is 30.5 Å². The van der Waals surface area contributed by atoms with Crippen molar-refractivity contribution in [2.75, 3.05) is 18.2 Å². The van der Waals surface area contributed by atoms with Crippen LogP contribution < -0.4 is 5.32 Å². The fourth-order valence-corrected chi connectivity index (χ4v) is 2.11. The smallest absolute Gasteiger partial charge is 0.339 e. The van der Waals surface area contributed by atoms with Gasteiger partial charge in [0.05, 0.1) is 12.2 Å². The van der Waals surface area contributed by atoms with Crippen LogP contribution in [0.1, 0.15) is 17.3 Å². The second-order valence-electron chi connectivity index (χ2n) is 4.01. The number of rotatable bonds is 5. The van der Waals surface area contributed by atoms with Crippen LogP contribution in [0.4, 0.5) is 11.5 Å². The van der Waals surface area contributed by atoms with E-state index in [1.54, 1.807) is 30.8 Å². The van der Waals surface area contributed by atoms with Crippen molar-refractivity contribution in [2.45, 2.75) is 11.8 Å². The quantitative estimate of drug-likeness (QED) is 0.671. The normalized spacial score (nSPS) is 10.1. The van der Waals surface area contributed by atoms with Crippen molar-refractivity contribution >= 4 is 29.2 Å². The van der Waals surface area contributed by atoms with Crippen LogP contribution in [0, 0.1) is 0 Å². The Morgan fingerprint density at radius 1 is 1.35 bits per heavy atom. The van der Waals surface area contributed by atoms with Crippen molar-refractivity contribution in [3.63, 3.8) is 0 Å². The van der Waals surface area contributed by atoms with Gasteiger partial charge in [0.15, 0.2) is 0 Å². The van der Waals surface area contributed by atoms with E-state index in [0.717, 1.165) is 5.69 Å². The molecule has 2 aromatic rings. The lowest BCUT2D eigenvalue weighted by Crippen LogP contribution is -2.05. The molecule has 0 aliphatic rings. The highest BCUT2D eigenvalue weighted by Gasteiger charge is 2.06. The molecule has 1 heterocycles. The first-order chi connectivity index (χ1) is 9.72. The molecule has 2 rings (SSSR count). The van der Waals surface area contributed by atoms with E-state index in [1.165, 1.54) is 11.1 Å². The Balaban J connectivity index is 2.08. The summed E-state index contributed by atoms with van der Waals surface area (Å²) in [5, 5.41) is 3.20. The third-order valence-electron chi connectivity index (χ3n) is 2.62. The van der Waals surface area contributed by atoms with Crippen molar-refractivity contribution in [1.29, 1.82) is 0 Å². The number of hydrogen-bond donors (Lipinski definition) is 1. The SMILES string of the molecule is CCOC(=O)c1ccc(Nc2cccc(SC)c2)nc1. The number of nitrogens with zero attached hydrogens (tertiary/aromatic N) is 1. The minimum atomic E-state index is -0.351. The molecule has 0 atom stereocenters. The number of carbonyl (C=O) groups excluding carboxylic acids is 1. The number of ether oxygens (including phenoxy) is 1. The van der Waals surface area contributed by atoms with Crippen molar-refractivity contribution in [2.24, 2.45) is 0 Å². The Labute approximate surface area is 122 Å². The van der Waals surface area contributed by atoms with E-state index < -0.39 is 0 Å². The lowest BCUT2D eigenvalue weighted by Gasteiger charge is -2.07. The van der Waals surface area contributed by atoms with E-state index in [-0.39, 0.29) is 5.97 Å². The molecule has 0 aliphatic carbocycles. The number of esters is 1. The Morgan fingerprint density at radius 2 is 2.20 bits per heavy atom. The fourth-order valence-electron chi connectivity index (χ4n) is 1.65. The molecule has 1 aromatic heterocycles. The summed E-state index contributed by atoms with van der Waals surface area (Å²) >= 11 is 1.68. The Hall–Kier alpha value is -2.01. The molecule has 0 aliphatic heterocycles. The number of hydrogen-bond acceptors (Lipinski definition) is 5. The summed E-state index contributed by atoms with van der Waals surface area (Å²) in [6.45, 7) is 2.14. The van der Waals surface area contributed by atoms with Gasteiger partial charge in [-0.2, -0.15) is 0 Å². The third-order valence-corrected chi connectivity index (χ3v) is 3.34. The summed E-state index contributed by atoms with van der Waals surface area (Å²) in [7, 11) is 0. The number of aromatic nitrogens is 1. The Morgan fingerprint density at radius 3 is 2.85 bits per heavy atom. The average Bonchev–Trinajstić information content (AvgIpc) is 2.48. The van der Waals surface area contributed by atoms with Gasteiger partial charge in [0.25, 0.3) is 0 Å². The molecule has 4 nitrogen and oxygen atoms in total. The van der Waals surface area contributed by atoms with Crippen molar-refractivity contribution in [1.82, 2.24) is 4.98 Å². The molecular formula is C15H16N2O2S. The van der Waals surface area contributed by atoms with Crippen molar-refractivity contribution < 1.29 is 9.53 Å². The standard InChI is InChI=1S/C15H16N2O2S/c1-3-19-15(18)11-7-8-14(16-10-11)17-12-5-4-6-13(9-12)20-2/h4-10H,3H2,1-2H3,(H,16,17). The van der Waals surface area contributed by atoms with Gasteiger partial charge in [-0.15, -0.1) is 11.8 Å². The molecule has 20 heavy (non-hydrogen) atoms. The predicted molar refractivity (Wildman–Crippen MR) is 81.7 cm³/mol. The molecule has 1 N–H and O–H groups in total. The zero-order chi connectivity index (χ0) is 14.4. The molecule has 0 radical (unpaired) electrons. The minimum absolute atomic E-state index is 0.351. The molecule has 0 fully saturated rings. The predicted octanol–water partition coefficient (Wildman–Crippen LogP) is 3.72. The second-order valence-corrected chi connectivity index (χ2v) is 4.89. The van der Waals surface area contributed by atoms with Crippen LogP contribution in [0.25, 0.3) is 0 Å². The monoisotopic (exact) mass is 288 g/mol. The van der Waals surface area contributed by atoms with E-state index in [0.29, 0.717) is 18.0 Å². The number of carbonyl (C=O) groups is 1. The highest BCUT2D eigenvalue weighted by Crippen LogP contribution is 2.21. The number of benzene rings is 1. The lowest BCUT2D eigenvalue weighted by molar-refractivity contribution is 0.0526. The number of nitrogens with one attached hydrogen (secondary N) is 1. The van der Waals surface area contributed by atoms with Crippen LogP contribution in [-0.2, 0) is 4.74 Å². The van der Waals surface area contributed by atoms with Gasteiger partial charge in [-0.25, -0.2) is 9.78 Å². The summed E-state index contributed by atoms with van der Waals surface area (Å²) in [6, 6.07) is 11.5. The summed E-state index contributed by atoms with van der Waals surface area (Å²) in [4.78, 5) is 16.9. The highest BCUT2D eigenvalue weighted by molar-refractivity contribution is 7.98. The second kappa shape index (κ2) is 6.96. The zero-order valence-corrected chi connectivity index (χ0v) is 12.2.